The minimum atomic E-state index is -3.54. The van der Waals surface area contributed by atoms with Crippen LogP contribution in [0, 0.1) is 0 Å². The molecule has 0 amide bonds. The number of aryl methyl sites for hydroxylation is 1. The Bertz CT molecular complexity index is 762. The molecule has 0 saturated carbocycles. The van der Waals surface area contributed by atoms with Gasteiger partial charge in [0.1, 0.15) is 4.90 Å². The molecule has 0 aromatic carbocycles. The second-order valence-corrected chi connectivity index (χ2v) is 7.07. The number of hydrogen-bond donors (Lipinski definition) is 1. The van der Waals surface area contributed by atoms with Gasteiger partial charge in [0.2, 0.25) is 10.0 Å². The SMILES string of the molecule is CCc1noc2ncc(S(=O)(=O)N3CCNC[C@@H]3C)cc12.Cl. The maximum atomic E-state index is 12.8. The summed E-state index contributed by atoms with van der Waals surface area (Å²) in [7, 11) is -3.54. The molecule has 0 aliphatic carbocycles. The van der Waals surface area contributed by atoms with Crippen molar-refractivity contribution in [2.45, 2.75) is 31.2 Å². The van der Waals surface area contributed by atoms with Gasteiger partial charge in [0.15, 0.2) is 0 Å². The van der Waals surface area contributed by atoms with Crippen molar-refractivity contribution >= 4 is 33.5 Å². The lowest BCUT2D eigenvalue weighted by Crippen LogP contribution is -2.52. The number of fused-ring (bicyclic) bond motifs is 1. The van der Waals surface area contributed by atoms with Crippen molar-refractivity contribution in [3.8, 4) is 0 Å². The molecule has 3 rings (SSSR count). The Balaban J connectivity index is 0.00000176. The number of sulfonamides is 1. The molecule has 0 unspecified atom stereocenters. The third-order valence-electron chi connectivity index (χ3n) is 3.76. The number of aromatic nitrogens is 2. The van der Waals surface area contributed by atoms with E-state index in [1.54, 1.807) is 6.07 Å². The summed E-state index contributed by atoms with van der Waals surface area (Å²) in [6.45, 7) is 5.62. The van der Waals surface area contributed by atoms with Crippen LogP contribution in [0.15, 0.2) is 21.7 Å². The third-order valence-corrected chi connectivity index (χ3v) is 5.74. The van der Waals surface area contributed by atoms with Gasteiger partial charge in [0, 0.05) is 25.7 Å². The van der Waals surface area contributed by atoms with Crippen molar-refractivity contribution in [1.82, 2.24) is 19.8 Å². The summed E-state index contributed by atoms with van der Waals surface area (Å²) in [5, 5.41) is 7.76. The van der Waals surface area contributed by atoms with Crippen LogP contribution in [0.4, 0.5) is 0 Å². The normalized spacial score (nSPS) is 20.0. The fraction of sp³-hybridized carbons (Fsp3) is 0.538. The first-order valence-corrected chi connectivity index (χ1v) is 8.45. The maximum absolute atomic E-state index is 12.8. The minimum Gasteiger partial charge on any atom is -0.336 e. The van der Waals surface area contributed by atoms with E-state index in [9.17, 15) is 8.42 Å². The molecule has 1 atom stereocenters. The van der Waals surface area contributed by atoms with Crippen molar-refractivity contribution in [2.75, 3.05) is 19.6 Å². The molecule has 22 heavy (non-hydrogen) atoms. The first kappa shape index (κ1) is 17.1. The molecular weight excluding hydrogens is 328 g/mol. The average Bonchev–Trinajstić information content (AvgIpc) is 2.89. The zero-order chi connectivity index (χ0) is 15.0. The second-order valence-electron chi connectivity index (χ2n) is 5.18. The molecule has 3 heterocycles. The number of hydrogen-bond acceptors (Lipinski definition) is 6. The quantitative estimate of drug-likeness (QED) is 0.898. The van der Waals surface area contributed by atoms with E-state index in [1.165, 1.54) is 10.5 Å². The monoisotopic (exact) mass is 346 g/mol. The summed E-state index contributed by atoms with van der Waals surface area (Å²) in [5.74, 6) is 0. The van der Waals surface area contributed by atoms with Gasteiger partial charge in [0.25, 0.3) is 5.71 Å². The fourth-order valence-corrected chi connectivity index (χ4v) is 4.17. The molecule has 122 valence electrons. The van der Waals surface area contributed by atoms with Crippen LogP contribution < -0.4 is 5.32 Å². The molecule has 1 N–H and O–H groups in total. The molecular formula is C13H19ClN4O3S. The molecule has 9 heteroatoms. The van der Waals surface area contributed by atoms with Crippen LogP contribution in [0.25, 0.3) is 11.1 Å². The van der Waals surface area contributed by atoms with Crippen LogP contribution in [-0.4, -0.2) is 48.5 Å². The van der Waals surface area contributed by atoms with E-state index in [2.05, 4.69) is 15.5 Å². The zero-order valence-corrected chi connectivity index (χ0v) is 14.1. The molecule has 1 aliphatic heterocycles. The van der Waals surface area contributed by atoms with Gasteiger partial charge in [-0.15, -0.1) is 12.4 Å². The van der Waals surface area contributed by atoms with Gasteiger partial charge in [-0.05, 0) is 19.4 Å². The van der Waals surface area contributed by atoms with Gasteiger partial charge in [-0.25, -0.2) is 13.4 Å². The molecule has 0 radical (unpaired) electrons. The highest BCUT2D eigenvalue weighted by molar-refractivity contribution is 7.89. The zero-order valence-electron chi connectivity index (χ0n) is 12.4. The summed E-state index contributed by atoms with van der Waals surface area (Å²) >= 11 is 0. The molecule has 2 aromatic rings. The van der Waals surface area contributed by atoms with Crippen LogP contribution in [0.5, 0.6) is 0 Å². The Morgan fingerprint density at radius 2 is 2.27 bits per heavy atom. The van der Waals surface area contributed by atoms with E-state index in [0.29, 0.717) is 37.2 Å². The minimum absolute atomic E-state index is 0. The van der Waals surface area contributed by atoms with E-state index in [-0.39, 0.29) is 23.3 Å². The van der Waals surface area contributed by atoms with Crippen molar-refractivity contribution < 1.29 is 12.9 Å². The topological polar surface area (TPSA) is 88.3 Å². The highest BCUT2D eigenvalue weighted by Gasteiger charge is 2.31. The molecule has 0 spiro atoms. The Kier molecular flexibility index (Phi) is 5.06. The molecule has 2 aromatic heterocycles. The van der Waals surface area contributed by atoms with Crippen LogP contribution >= 0.6 is 12.4 Å². The lowest BCUT2D eigenvalue weighted by molar-refractivity contribution is 0.284. The number of pyridine rings is 1. The van der Waals surface area contributed by atoms with Gasteiger partial charge >= 0.3 is 0 Å². The van der Waals surface area contributed by atoms with E-state index in [0.717, 1.165) is 5.69 Å². The average molecular weight is 347 g/mol. The van der Waals surface area contributed by atoms with E-state index in [1.807, 2.05) is 13.8 Å². The van der Waals surface area contributed by atoms with Crippen molar-refractivity contribution in [3.05, 3.63) is 18.0 Å². The summed E-state index contributed by atoms with van der Waals surface area (Å²) < 4.78 is 32.2. The number of nitrogens with one attached hydrogen (secondary N) is 1. The number of piperazine rings is 1. The van der Waals surface area contributed by atoms with Gasteiger partial charge in [-0.1, -0.05) is 12.1 Å². The molecule has 1 aliphatic rings. The largest absolute Gasteiger partial charge is 0.336 e. The van der Waals surface area contributed by atoms with Gasteiger partial charge in [-0.3, -0.25) is 0 Å². The maximum Gasteiger partial charge on any atom is 0.258 e. The second kappa shape index (κ2) is 6.49. The lowest BCUT2D eigenvalue weighted by Gasteiger charge is -2.32. The summed E-state index contributed by atoms with van der Waals surface area (Å²) in [6, 6.07) is 1.54. The summed E-state index contributed by atoms with van der Waals surface area (Å²) in [5.41, 5.74) is 1.10. The molecule has 7 nitrogen and oxygen atoms in total. The predicted octanol–water partition coefficient (Wildman–Crippen LogP) is 1.19. The van der Waals surface area contributed by atoms with Crippen molar-refractivity contribution in [2.24, 2.45) is 0 Å². The number of halogens is 1. The van der Waals surface area contributed by atoms with E-state index >= 15 is 0 Å². The molecule has 1 saturated heterocycles. The van der Waals surface area contributed by atoms with Crippen LogP contribution in [0.1, 0.15) is 19.5 Å². The van der Waals surface area contributed by atoms with Gasteiger partial charge in [-0.2, -0.15) is 4.31 Å². The highest BCUT2D eigenvalue weighted by Crippen LogP contribution is 2.24. The molecule has 1 fully saturated rings. The standard InChI is InChI=1S/C13H18N4O3S.ClH/c1-3-12-11-6-10(8-15-13(11)20-16-12)21(18,19)17-5-4-14-7-9(17)2;/h6,8-9,14H,3-5,7H2,1-2H3;1H/t9-;/m0./s1. The number of rotatable bonds is 3. The highest BCUT2D eigenvalue weighted by atomic mass is 35.5. The predicted molar refractivity (Wildman–Crippen MR) is 84.7 cm³/mol. The van der Waals surface area contributed by atoms with E-state index in [4.69, 9.17) is 4.52 Å². The van der Waals surface area contributed by atoms with Crippen molar-refractivity contribution in [1.29, 1.82) is 0 Å². The van der Waals surface area contributed by atoms with Crippen LogP contribution in [0.2, 0.25) is 0 Å². The Morgan fingerprint density at radius 3 is 2.95 bits per heavy atom. The summed E-state index contributed by atoms with van der Waals surface area (Å²) in [6.07, 6.45) is 2.01. The summed E-state index contributed by atoms with van der Waals surface area (Å²) in [4.78, 5) is 4.28. The first-order chi connectivity index (χ1) is 10.0. The fourth-order valence-electron chi connectivity index (χ4n) is 2.57. The Hall–Kier alpha value is -1.22. The van der Waals surface area contributed by atoms with Crippen molar-refractivity contribution in [3.63, 3.8) is 0 Å². The van der Waals surface area contributed by atoms with Gasteiger partial charge < -0.3 is 9.84 Å². The smallest absolute Gasteiger partial charge is 0.258 e. The Labute approximate surface area is 135 Å². The van der Waals surface area contributed by atoms with E-state index < -0.39 is 10.0 Å². The third kappa shape index (κ3) is 2.83. The first-order valence-electron chi connectivity index (χ1n) is 7.01. The van der Waals surface area contributed by atoms with Crippen LogP contribution in [0.3, 0.4) is 0 Å². The molecule has 0 bridgehead atoms. The van der Waals surface area contributed by atoms with Crippen LogP contribution in [-0.2, 0) is 16.4 Å². The Morgan fingerprint density at radius 1 is 1.50 bits per heavy atom. The lowest BCUT2D eigenvalue weighted by atomic mass is 10.2. The van der Waals surface area contributed by atoms with Gasteiger partial charge in [0.05, 0.1) is 17.3 Å². The number of nitrogens with zero attached hydrogens (tertiary/aromatic N) is 3.